The van der Waals surface area contributed by atoms with Gasteiger partial charge in [0.25, 0.3) is 5.91 Å². The third kappa shape index (κ3) is 4.89. The number of nitrogens with zero attached hydrogens (tertiary/aromatic N) is 3. The number of primary amides is 1. The van der Waals surface area contributed by atoms with Gasteiger partial charge in [-0.2, -0.15) is 0 Å². The van der Waals surface area contributed by atoms with Crippen molar-refractivity contribution >= 4 is 50.8 Å². The molecule has 2 aromatic heterocycles. The average Bonchev–Trinajstić information content (AvgIpc) is 3.39. The van der Waals surface area contributed by atoms with Crippen molar-refractivity contribution in [2.45, 2.75) is 30.8 Å². The Morgan fingerprint density at radius 3 is 2.82 bits per heavy atom. The average molecular weight is 484 g/mol. The van der Waals surface area contributed by atoms with Crippen LogP contribution in [0.25, 0.3) is 10.9 Å². The molecule has 1 saturated heterocycles. The molecule has 33 heavy (non-hydrogen) atoms. The van der Waals surface area contributed by atoms with Gasteiger partial charge in [-0.1, -0.05) is 30.0 Å². The minimum Gasteiger partial charge on any atom is -0.379 e. The first-order chi connectivity index (χ1) is 16.1. The van der Waals surface area contributed by atoms with Crippen molar-refractivity contribution in [3.63, 3.8) is 0 Å². The summed E-state index contributed by atoms with van der Waals surface area (Å²) >= 11 is 2.85. The second-order valence-corrected chi connectivity index (χ2v) is 10.2. The fourth-order valence-corrected chi connectivity index (χ4v) is 6.43. The summed E-state index contributed by atoms with van der Waals surface area (Å²) in [7, 11) is 0. The number of aryl methyl sites for hydroxylation is 1. The maximum absolute atomic E-state index is 12.8. The van der Waals surface area contributed by atoms with Gasteiger partial charge >= 0.3 is 0 Å². The quantitative estimate of drug-likeness (QED) is 0.393. The number of anilines is 1. The molecule has 0 radical (unpaired) electrons. The molecule has 8 nitrogen and oxygen atoms in total. The van der Waals surface area contributed by atoms with Crippen LogP contribution in [0.4, 0.5) is 5.00 Å². The molecule has 3 aromatic rings. The molecule has 5 rings (SSSR count). The standard InChI is InChI=1S/C23H25N5O3S2/c24-21(30)20-15-5-3-7-17(15)33-23(20)27-19(29)13-32-22-14-4-1-2-6-16(14)25-18(26-22)12-28-8-10-31-11-9-28/h1-2,4,6H,3,5,7-13H2,(H2,24,30)(H,27,29). The Labute approximate surface area is 199 Å². The van der Waals surface area contributed by atoms with Gasteiger partial charge in [0.15, 0.2) is 0 Å². The summed E-state index contributed by atoms with van der Waals surface area (Å²) < 4.78 is 5.43. The normalized spacial score (nSPS) is 16.1. The molecule has 10 heteroatoms. The van der Waals surface area contributed by atoms with E-state index in [1.807, 2.05) is 24.3 Å². The fourth-order valence-electron chi connectivity index (χ4n) is 4.28. The molecule has 1 aliphatic carbocycles. The van der Waals surface area contributed by atoms with E-state index < -0.39 is 5.91 Å². The maximum Gasteiger partial charge on any atom is 0.251 e. The van der Waals surface area contributed by atoms with Gasteiger partial charge in [-0.25, -0.2) is 9.97 Å². The summed E-state index contributed by atoms with van der Waals surface area (Å²) in [6.45, 7) is 3.79. The number of hydrogen-bond donors (Lipinski definition) is 2. The van der Waals surface area contributed by atoms with E-state index in [4.69, 9.17) is 20.4 Å². The lowest BCUT2D eigenvalue weighted by atomic mass is 10.1. The summed E-state index contributed by atoms with van der Waals surface area (Å²) in [5, 5.41) is 5.19. The number of amides is 2. The van der Waals surface area contributed by atoms with Gasteiger partial charge < -0.3 is 15.8 Å². The number of fused-ring (bicyclic) bond motifs is 2. The van der Waals surface area contributed by atoms with E-state index in [-0.39, 0.29) is 11.7 Å². The van der Waals surface area contributed by atoms with Crippen LogP contribution in [0.15, 0.2) is 29.3 Å². The summed E-state index contributed by atoms with van der Waals surface area (Å²) in [4.78, 5) is 37.7. The predicted octanol–water partition coefficient (Wildman–Crippen LogP) is 2.84. The first-order valence-corrected chi connectivity index (χ1v) is 12.8. The van der Waals surface area contributed by atoms with Gasteiger partial charge in [0.2, 0.25) is 5.91 Å². The van der Waals surface area contributed by atoms with Crippen molar-refractivity contribution in [2.24, 2.45) is 5.73 Å². The molecule has 0 spiro atoms. The van der Waals surface area contributed by atoms with Gasteiger partial charge in [0, 0.05) is 23.4 Å². The zero-order valence-electron chi connectivity index (χ0n) is 18.1. The molecule has 0 bridgehead atoms. The molecular weight excluding hydrogens is 458 g/mol. The molecule has 3 N–H and O–H groups in total. The zero-order chi connectivity index (χ0) is 22.8. The molecule has 1 aliphatic heterocycles. The van der Waals surface area contributed by atoms with Crippen molar-refractivity contribution in [1.82, 2.24) is 14.9 Å². The third-order valence-corrected chi connectivity index (χ3v) is 8.04. The molecule has 2 aliphatic rings. The van der Waals surface area contributed by atoms with Crippen LogP contribution in [0, 0.1) is 0 Å². The number of carbonyl (C=O) groups excluding carboxylic acids is 2. The van der Waals surface area contributed by atoms with E-state index in [2.05, 4.69) is 10.2 Å². The maximum atomic E-state index is 12.8. The van der Waals surface area contributed by atoms with Crippen molar-refractivity contribution in [3.8, 4) is 0 Å². The number of thioether (sulfide) groups is 1. The minimum atomic E-state index is -0.480. The van der Waals surface area contributed by atoms with E-state index in [1.165, 1.54) is 23.1 Å². The Morgan fingerprint density at radius 2 is 2.00 bits per heavy atom. The van der Waals surface area contributed by atoms with Crippen LogP contribution in [0.1, 0.15) is 33.0 Å². The smallest absolute Gasteiger partial charge is 0.251 e. The molecule has 1 fully saturated rings. The Bertz CT molecular complexity index is 1210. The number of nitrogens with one attached hydrogen (secondary N) is 1. The van der Waals surface area contributed by atoms with Gasteiger partial charge in [-0.15, -0.1) is 11.3 Å². The Morgan fingerprint density at radius 1 is 1.18 bits per heavy atom. The molecule has 0 atom stereocenters. The fraction of sp³-hybridized carbons (Fsp3) is 0.391. The largest absolute Gasteiger partial charge is 0.379 e. The lowest BCUT2D eigenvalue weighted by Crippen LogP contribution is -2.36. The SMILES string of the molecule is NC(=O)c1c(NC(=O)CSc2nc(CN3CCOCC3)nc3ccccc23)sc2c1CCC2. The van der Waals surface area contributed by atoms with Crippen LogP contribution >= 0.6 is 23.1 Å². The highest BCUT2D eigenvalue weighted by atomic mass is 32.2. The number of benzene rings is 1. The molecule has 1 aromatic carbocycles. The molecule has 172 valence electrons. The number of para-hydroxylation sites is 1. The monoisotopic (exact) mass is 483 g/mol. The van der Waals surface area contributed by atoms with E-state index >= 15 is 0 Å². The summed E-state index contributed by atoms with van der Waals surface area (Å²) in [6.07, 6.45) is 2.80. The van der Waals surface area contributed by atoms with Crippen LogP contribution in [0.5, 0.6) is 0 Å². The van der Waals surface area contributed by atoms with E-state index in [0.29, 0.717) is 17.1 Å². The second kappa shape index (κ2) is 9.76. The number of carbonyl (C=O) groups is 2. The van der Waals surface area contributed by atoms with Crippen molar-refractivity contribution in [2.75, 3.05) is 37.4 Å². The van der Waals surface area contributed by atoms with Gasteiger partial charge in [-0.05, 0) is 30.9 Å². The molecule has 0 saturated carbocycles. The number of ether oxygens (including phenoxy) is 1. The lowest BCUT2D eigenvalue weighted by Gasteiger charge is -2.25. The Balaban J connectivity index is 1.32. The minimum absolute atomic E-state index is 0.179. The van der Waals surface area contributed by atoms with Crippen molar-refractivity contribution in [1.29, 1.82) is 0 Å². The number of hydrogen-bond acceptors (Lipinski definition) is 8. The topological polar surface area (TPSA) is 110 Å². The number of aromatic nitrogens is 2. The van der Waals surface area contributed by atoms with Crippen molar-refractivity contribution < 1.29 is 14.3 Å². The van der Waals surface area contributed by atoms with Gasteiger partial charge in [0.1, 0.15) is 15.9 Å². The lowest BCUT2D eigenvalue weighted by molar-refractivity contribution is -0.113. The van der Waals surface area contributed by atoms with Crippen LogP contribution < -0.4 is 11.1 Å². The van der Waals surface area contributed by atoms with Crippen LogP contribution in [-0.4, -0.2) is 58.7 Å². The number of morpholine rings is 1. The van der Waals surface area contributed by atoms with E-state index in [0.717, 1.165) is 77.8 Å². The van der Waals surface area contributed by atoms with Gasteiger partial charge in [0.05, 0.1) is 36.6 Å². The van der Waals surface area contributed by atoms with E-state index in [1.54, 1.807) is 0 Å². The predicted molar refractivity (Wildman–Crippen MR) is 130 cm³/mol. The second-order valence-electron chi connectivity index (χ2n) is 8.11. The summed E-state index contributed by atoms with van der Waals surface area (Å²) in [5.74, 6) is 0.259. The Hall–Kier alpha value is -2.53. The third-order valence-electron chi connectivity index (χ3n) is 5.84. The zero-order valence-corrected chi connectivity index (χ0v) is 19.8. The Kier molecular flexibility index (Phi) is 6.59. The molecule has 3 heterocycles. The summed E-state index contributed by atoms with van der Waals surface area (Å²) in [6, 6.07) is 7.85. The highest BCUT2D eigenvalue weighted by Gasteiger charge is 2.26. The summed E-state index contributed by atoms with van der Waals surface area (Å²) in [5.41, 5.74) is 7.96. The van der Waals surface area contributed by atoms with Crippen molar-refractivity contribution in [3.05, 3.63) is 46.1 Å². The first kappa shape index (κ1) is 22.3. The molecular formula is C23H25N5O3S2. The first-order valence-electron chi connectivity index (χ1n) is 11.0. The number of nitrogens with two attached hydrogens (primary N) is 1. The van der Waals surface area contributed by atoms with Gasteiger partial charge in [-0.3, -0.25) is 14.5 Å². The molecule has 2 amide bonds. The number of thiophene rings is 1. The number of rotatable bonds is 7. The van der Waals surface area contributed by atoms with Crippen LogP contribution in [-0.2, 0) is 28.9 Å². The van der Waals surface area contributed by atoms with E-state index in [9.17, 15) is 9.59 Å². The van der Waals surface area contributed by atoms with Crippen LogP contribution in [0.2, 0.25) is 0 Å². The highest BCUT2D eigenvalue weighted by Crippen LogP contribution is 2.39. The molecule has 0 unspecified atom stereocenters. The highest BCUT2D eigenvalue weighted by molar-refractivity contribution is 8.00. The van der Waals surface area contributed by atoms with Crippen LogP contribution in [0.3, 0.4) is 0 Å².